The predicted octanol–water partition coefficient (Wildman–Crippen LogP) is 2.83. The van der Waals surface area contributed by atoms with E-state index in [1.165, 1.54) is 12.1 Å². The number of hydrogen-bond donors (Lipinski definition) is 1. The Hall–Kier alpha value is -0.650. The molecule has 2 nitrogen and oxygen atoms in total. The van der Waals surface area contributed by atoms with Crippen molar-refractivity contribution in [2.75, 3.05) is 0 Å². The molecule has 1 aromatic rings. The third kappa shape index (κ3) is 2.23. The number of hydrogen-bond acceptors (Lipinski definition) is 1. The Labute approximate surface area is 95.5 Å². The van der Waals surface area contributed by atoms with E-state index in [1.807, 2.05) is 0 Å². The zero-order valence-corrected chi connectivity index (χ0v) is 9.66. The van der Waals surface area contributed by atoms with Crippen LogP contribution in [0.4, 0.5) is 10.1 Å². The molecule has 0 saturated heterocycles. The van der Waals surface area contributed by atoms with Gasteiger partial charge in [-0.15, -0.1) is 0 Å². The number of nitrogens with two attached hydrogens (primary N) is 1. The molecule has 2 N–H and O–H groups in total. The van der Waals surface area contributed by atoms with E-state index in [-0.39, 0.29) is 5.82 Å². The van der Waals surface area contributed by atoms with Crippen molar-refractivity contribution in [3.63, 3.8) is 0 Å². The van der Waals surface area contributed by atoms with Crippen LogP contribution in [0.1, 0.15) is 12.8 Å². The maximum atomic E-state index is 12.8. The van der Waals surface area contributed by atoms with Crippen LogP contribution >= 0.6 is 22.6 Å². The van der Waals surface area contributed by atoms with E-state index < -0.39 is 0 Å². The molecule has 0 radical (unpaired) electrons. The maximum Gasteiger partial charge on any atom is 0.124 e. The van der Waals surface area contributed by atoms with E-state index in [4.69, 9.17) is 5.73 Å². The Morgan fingerprint density at radius 2 is 2.21 bits per heavy atom. The van der Waals surface area contributed by atoms with Crippen LogP contribution in [0.2, 0.25) is 0 Å². The van der Waals surface area contributed by atoms with Crippen molar-refractivity contribution in [3.8, 4) is 0 Å². The number of rotatable bonds is 2. The van der Waals surface area contributed by atoms with Crippen molar-refractivity contribution in [1.82, 2.24) is 0 Å². The molecule has 0 spiro atoms. The van der Waals surface area contributed by atoms with E-state index in [1.54, 1.807) is 6.07 Å². The van der Waals surface area contributed by atoms with Crippen LogP contribution in [0, 0.1) is 15.3 Å². The molecule has 74 valence electrons. The first kappa shape index (κ1) is 9.89. The summed E-state index contributed by atoms with van der Waals surface area (Å²) in [7, 11) is 0. The second-order valence-corrected chi connectivity index (χ2v) is 4.57. The molecule has 1 aliphatic rings. The van der Waals surface area contributed by atoms with Crippen LogP contribution < -0.4 is 5.73 Å². The van der Waals surface area contributed by atoms with Crippen LogP contribution in [0.15, 0.2) is 23.2 Å². The molecule has 1 saturated carbocycles. The van der Waals surface area contributed by atoms with Crippen molar-refractivity contribution < 1.29 is 4.39 Å². The maximum absolute atomic E-state index is 12.8. The summed E-state index contributed by atoms with van der Waals surface area (Å²) in [4.78, 5) is 4.28. The average molecular weight is 304 g/mol. The SMILES string of the molecule is NC(=Nc1ccc(F)cc1I)C1CC1. The molecular formula is C10H10FIN2. The van der Waals surface area contributed by atoms with Crippen LogP contribution in [0.5, 0.6) is 0 Å². The van der Waals surface area contributed by atoms with Gasteiger partial charge in [0.25, 0.3) is 0 Å². The van der Waals surface area contributed by atoms with Crippen molar-refractivity contribution in [3.05, 3.63) is 27.6 Å². The van der Waals surface area contributed by atoms with Gasteiger partial charge in [0.2, 0.25) is 0 Å². The number of amidine groups is 1. The van der Waals surface area contributed by atoms with Crippen molar-refractivity contribution in [1.29, 1.82) is 0 Å². The lowest BCUT2D eigenvalue weighted by atomic mass is 10.3. The summed E-state index contributed by atoms with van der Waals surface area (Å²) >= 11 is 2.06. The average Bonchev–Trinajstić information content (AvgIpc) is 2.92. The van der Waals surface area contributed by atoms with Gasteiger partial charge in [0, 0.05) is 9.49 Å². The molecule has 1 aliphatic carbocycles. The van der Waals surface area contributed by atoms with Crippen LogP contribution in [-0.2, 0) is 0 Å². The van der Waals surface area contributed by atoms with Gasteiger partial charge in [-0.05, 0) is 53.6 Å². The van der Waals surface area contributed by atoms with Gasteiger partial charge in [0.1, 0.15) is 11.7 Å². The zero-order valence-electron chi connectivity index (χ0n) is 7.50. The monoisotopic (exact) mass is 304 g/mol. The van der Waals surface area contributed by atoms with Gasteiger partial charge in [-0.3, -0.25) is 0 Å². The third-order valence-electron chi connectivity index (χ3n) is 2.15. The quantitative estimate of drug-likeness (QED) is 0.509. The second-order valence-electron chi connectivity index (χ2n) is 3.41. The summed E-state index contributed by atoms with van der Waals surface area (Å²) in [5.74, 6) is 0.892. The molecule has 2 rings (SSSR count). The van der Waals surface area contributed by atoms with Gasteiger partial charge in [0.05, 0.1) is 5.69 Å². The number of benzene rings is 1. The summed E-state index contributed by atoms with van der Waals surface area (Å²) in [5.41, 5.74) is 6.53. The normalized spacial score (nSPS) is 17.1. The number of aliphatic imine (C=N–C) groups is 1. The molecule has 1 aromatic carbocycles. The summed E-state index contributed by atoms with van der Waals surface area (Å²) in [5, 5.41) is 0. The van der Waals surface area contributed by atoms with Gasteiger partial charge in [-0.25, -0.2) is 9.38 Å². The summed E-state index contributed by atoms with van der Waals surface area (Å²) < 4.78 is 13.6. The minimum atomic E-state index is -0.238. The molecule has 14 heavy (non-hydrogen) atoms. The van der Waals surface area contributed by atoms with E-state index in [2.05, 4.69) is 27.6 Å². The smallest absolute Gasteiger partial charge is 0.124 e. The minimum absolute atomic E-state index is 0.238. The Kier molecular flexibility index (Phi) is 2.71. The highest BCUT2D eigenvalue weighted by molar-refractivity contribution is 14.1. The van der Waals surface area contributed by atoms with Crippen molar-refractivity contribution in [2.24, 2.45) is 16.6 Å². The molecule has 0 unspecified atom stereocenters. The summed E-state index contributed by atoms with van der Waals surface area (Å²) in [6, 6.07) is 4.52. The third-order valence-corrected chi connectivity index (χ3v) is 3.02. The lowest BCUT2D eigenvalue weighted by molar-refractivity contribution is 0.627. The number of halogens is 2. The molecule has 4 heteroatoms. The fraction of sp³-hybridized carbons (Fsp3) is 0.300. The molecular weight excluding hydrogens is 294 g/mol. The zero-order chi connectivity index (χ0) is 10.1. The van der Waals surface area contributed by atoms with E-state index in [0.29, 0.717) is 11.8 Å². The lowest BCUT2D eigenvalue weighted by Crippen LogP contribution is -2.13. The lowest BCUT2D eigenvalue weighted by Gasteiger charge is -2.00. The van der Waals surface area contributed by atoms with E-state index >= 15 is 0 Å². The molecule has 0 atom stereocenters. The predicted molar refractivity (Wildman–Crippen MR) is 63.1 cm³/mol. The number of nitrogens with zero attached hydrogens (tertiary/aromatic N) is 1. The van der Waals surface area contributed by atoms with Crippen LogP contribution in [0.3, 0.4) is 0 Å². The molecule has 0 heterocycles. The van der Waals surface area contributed by atoms with E-state index in [0.717, 1.165) is 22.1 Å². The first-order chi connectivity index (χ1) is 6.66. The first-order valence-corrected chi connectivity index (χ1v) is 5.54. The minimum Gasteiger partial charge on any atom is -0.387 e. The Morgan fingerprint density at radius 1 is 1.50 bits per heavy atom. The van der Waals surface area contributed by atoms with Gasteiger partial charge < -0.3 is 5.73 Å². The molecule has 1 fully saturated rings. The Morgan fingerprint density at radius 3 is 2.79 bits per heavy atom. The van der Waals surface area contributed by atoms with Crippen molar-refractivity contribution >= 4 is 34.1 Å². The molecule has 0 amide bonds. The Bertz CT molecular complexity index is 386. The highest BCUT2D eigenvalue weighted by Gasteiger charge is 2.25. The fourth-order valence-electron chi connectivity index (χ4n) is 1.18. The molecule has 0 aromatic heterocycles. The second kappa shape index (κ2) is 3.84. The van der Waals surface area contributed by atoms with Crippen LogP contribution in [0.25, 0.3) is 0 Å². The first-order valence-electron chi connectivity index (χ1n) is 4.46. The summed E-state index contributed by atoms with van der Waals surface area (Å²) in [6.07, 6.45) is 2.26. The van der Waals surface area contributed by atoms with Gasteiger partial charge in [0.15, 0.2) is 0 Å². The molecule has 0 aliphatic heterocycles. The summed E-state index contributed by atoms with van der Waals surface area (Å²) in [6.45, 7) is 0. The fourth-order valence-corrected chi connectivity index (χ4v) is 1.78. The molecule has 0 bridgehead atoms. The van der Waals surface area contributed by atoms with Gasteiger partial charge in [-0.1, -0.05) is 0 Å². The van der Waals surface area contributed by atoms with Crippen molar-refractivity contribution in [2.45, 2.75) is 12.8 Å². The van der Waals surface area contributed by atoms with Crippen LogP contribution in [-0.4, -0.2) is 5.84 Å². The highest BCUT2D eigenvalue weighted by atomic mass is 127. The largest absolute Gasteiger partial charge is 0.387 e. The van der Waals surface area contributed by atoms with E-state index in [9.17, 15) is 4.39 Å². The van der Waals surface area contributed by atoms with Gasteiger partial charge >= 0.3 is 0 Å². The standard InChI is InChI=1S/C10H10FIN2/c11-7-3-4-9(8(12)5-7)14-10(13)6-1-2-6/h3-6H,1-2H2,(H2,13,14). The topological polar surface area (TPSA) is 38.4 Å². The highest BCUT2D eigenvalue weighted by Crippen LogP contribution is 2.31. The van der Waals surface area contributed by atoms with Gasteiger partial charge in [-0.2, -0.15) is 0 Å². The Balaban J connectivity index is 2.27.